The fourth-order valence-electron chi connectivity index (χ4n) is 4.27. The summed E-state index contributed by atoms with van der Waals surface area (Å²) in [6, 6.07) is 30.0. The minimum absolute atomic E-state index is 1.17. The number of halogens is 6. The number of rotatable bonds is 4. The normalized spacial score (nSPS) is 12.6. The molecule has 0 aliphatic carbocycles. The van der Waals surface area contributed by atoms with E-state index in [2.05, 4.69) is 144 Å². The highest BCUT2D eigenvalue weighted by Gasteiger charge is 2.37. The number of para-hydroxylation sites is 2. The second-order valence-corrected chi connectivity index (χ2v) is 12.7. The Kier molecular flexibility index (Phi) is 11.6. The van der Waals surface area contributed by atoms with Crippen molar-refractivity contribution in [1.29, 1.82) is 0 Å². The first-order valence-electron chi connectivity index (χ1n) is 13.4. The van der Waals surface area contributed by atoms with Crippen molar-refractivity contribution >= 4 is 66.3 Å². The van der Waals surface area contributed by atoms with Crippen LogP contribution in [0.15, 0.2) is 84.9 Å². The maximum absolute atomic E-state index is 10.7. The summed E-state index contributed by atoms with van der Waals surface area (Å²) in [6.45, 7) is 0. The summed E-state index contributed by atoms with van der Waals surface area (Å²) in [5.74, 6) is 0. The summed E-state index contributed by atoms with van der Waals surface area (Å²) in [5.41, 5.74) is -4.15. The van der Waals surface area contributed by atoms with E-state index >= 15 is 0 Å². The molecule has 48 heavy (non-hydrogen) atoms. The van der Waals surface area contributed by atoms with Gasteiger partial charge in [-0.1, -0.05) is 24.3 Å². The second kappa shape index (κ2) is 14.7. The molecule has 0 saturated carbocycles. The molecular formula is C31H27F6N3O6S2. The quantitative estimate of drug-likeness (QED) is 0.106. The van der Waals surface area contributed by atoms with Gasteiger partial charge in [0.1, 0.15) is 14.1 Å². The molecule has 0 saturated heterocycles. The van der Waals surface area contributed by atoms with Crippen LogP contribution < -0.4 is 9.13 Å². The van der Waals surface area contributed by atoms with Crippen LogP contribution in [0.4, 0.5) is 26.3 Å². The number of hydrogen-bond donors (Lipinski definition) is 0. The first-order chi connectivity index (χ1) is 22.1. The Hall–Kier alpha value is -4.58. The molecule has 2 aromatic carbocycles. The molecule has 0 aliphatic rings. The number of aryl methyl sites for hydroxylation is 2. The van der Waals surface area contributed by atoms with Crippen molar-refractivity contribution in [2.24, 2.45) is 21.1 Å². The van der Waals surface area contributed by atoms with Gasteiger partial charge in [-0.2, -0.15) is 35.5 Å². The van der Waals surface area contributed by atoms with Gasteiger partial charge in [0.15, 0.2) is 20.2 Å². The Morgan fingerprint density at radius 3 is 1.19 bits per heavy atom. The van der Waals surface area contributed by atoms with Gasteiger partial charge in [0.05, 0.1) is 0 Å². The molecule has 0 bridgehead atoms. The molecule has 5 aromatic rings. The van der Waals surface area contributed by atoms with Gasteiger partial charge in [-0.25, -0.2) is 16.8 Å². The third kappa shape index (κ3) is 9.50. The van der Waals surface area contributed by atoms with Crippen molar-refractivity contribution in [2.45, 2.75) is 11.0 Å². The summed E-state index contributed by atoms with van der Waals surface area (Å²) >= 11 is 0. The molecule has 0 fully saturated rings. The maximum Gasteiger partial charge on any atom is 0.485 e. The van der Waals surface area contributed by atoms with Crippen molar-refractivity contribution < 1.29 is 61.4 Å². The van der Waals surface area contributed by atoms with Crippen molar-refractivity contribution in [2.75, 3.05) is 0 Å². The van der Waals surface area contributed by atoms with Crippen molar-refractivity contribution in [3.8, 4) is 0 Å². The average molecular weight is 716 g/mol. The van der Waals surface area contributed by atoms with Gasteiger partial charge in [-0.3, -0.25) is 0 Å². The summed E-state index contributed by atoms with van der Waals surface area (Å²) in [7, 11) is -5.84. The van der Waals surface area contributed by atoms with Crippen LogP contribution in [0.1, 0.15) is 22.8 Å². The van der Waals surface area contributed by atoms with E-state index < -0.39 is 31.3 Å². The maximum atomic E-state index is 10.7. The Balaban J connectivity index is 0.000000325. The molecule has 3 aromatic heterocycles. The standard InChI is InChI=1S/C29H27N3.2CHF3O3S/c1-30-24(18-20-26-14-12-22-8-4-6-10-28(22)31(26)2)16-17-25(30)19-21-27-15-13-23-9-5-7-11-29(23)32(27)3;2*2-1(3,4)8(5,6)7/h4-21H,1-3H3;2*(H,5,6,7)/q+2;;/p-2. The fourth-order valence-corrected chi connectivity index (χ4v) is 4.27. The summed E-state index contributed by atoms with van der Waals surface area (Å²) < 4.78 is 124. The first-order valence-corrected chi connectivity index (χ1v) is 16.3. The molecule has 256 valence electrons. The number of alkyl halides is 6. The van der Waals surface area contributed by atoms with E-state index in [1.807, 2.05) is 0 Å². The molecule has 0 unspecified atom stereocenters. The molecular weight excluding hydrogens is 688 g/mol. The number of hydrogen-bond acceptors (Lipinski definition) is 6. The SMILES string of the molecule is Cn1c(/C=C/c2ccc3ccccc3[n+]2C)ccc1/C=C/c1ccc2ccccc2[n+]1C.O=S(=O)([O-])C(F)(F)F.O=S(=O)([O-])C(F)(F)F. The zero-order valence-corrected chi connectivity index (χ0v) is 26.9. The summed E-state index contributed by atoms with van der Waals surface area (Å²) in [5, 5.41) is 2.50. The van der Waals surface area contributed by atoms with Crippen LogP contribution in [0.25, 0.3) is 46.1 Å². The molecule has 0 spiro atoms. The minimum atomic E-state index is -6.09. The van der Waals surface area contributed by atoms with E-state index in [0.29, 0.717) is 0 Å². The average Bonchev–Trinajstić information content (AvgIpc) is 3.34. The lowest BCUT2D eigenvalue weighted by Gasteiger charge is -2.08. The van der Waals surface area contributed by atoms with Crippen LogP contribution in [0, 0.1) is 0 Å². The van der Waals surface area contributed by atoms with E-state index in [1.54, 1.807) is 0 Å². The number of nitrogens with zero attached hydrogens (tertiary/aromatic N) is 3. The predicted molar refractivity (Wildman–Crippen MR) is 165 cm³/mol. The highest BCUT2D eigenvalue weighted by molar-refractivity contribution is 7.86. The van der Waals surface area contributed by atoms with Crippen molar-refractivity contribution in [1.82, 2.24) is 4.57 Å². The fraction of sp³-hybridized carbons (Fsp3) is 0.161. The van der Waals surface area contributed by atoms with Gasteiger partial charge < -0.3 is 13.7 Å². The third-order valence-corrected chi connectivity index (χ3v) is 7.99. The number of benzene rings is 2. The van der Waals surface area contributed by atoms with Gasteiger partial charge in [0.2, 0.25) is 22.4 Å². The minimum Gasteiger partial charge on any atom is -0.741 e. The Morgan fingerprint density at radius 1 is 0.562 bits per heavy atom. The topological polar surface area (TPSA) is 127 Å². The van der Waals surface area contributed by atoms with Crippen LogP contribution in [0.2, 0.25) is 0 Å². The molecule has 5 rings (SSSR count). The van der Waals surface area contributed by atoms with E-state index in [-0.39, 0.29) is 0 Å². The molecule has 0 aliphatic heterocycles. The lowest BCUT2D eigenvalue weighted by molar-refractivity contribution is -0.646. The van der Waals surface area contributed by atoms with Crippen LogP contribution in [-0.4, -0.2) is 41.5 Å². The molecule has 3 heterocycles. The van der Waals surface area contributed by atoms with E-state index in [0.717, 1.165) is 0 Å². The lowest BCUT2D eigenvalue weighted by atomic mass is 10.2. The predicted octanol–water partition coefficient (Wildman–Crippen LogP) is 5.42. The molecule has 0 N–H and O–H groups in total. The molecule has 0 radical (unpaired) electrons. The highest BCUT2D eigenvalue weighted by atomic mass is 32.2. The smallest absolute Gasteiger partial charge is 0.485 e. The van der Waals surface area contributed by atoms with E-state index in [9.17, 15) is 26.3 Å². The number of pyridine rings is 2. The van der Waals surface area contributed by atoms with Gasteiger partial charge in [0.25, 0.3) is 0 Å². The van der Waals surface area contributed by atoms with Crippen molar-refractivity contribution in [3.05, 3.63) is 108 Å². The zero-order valence-electron chi connectivity index (χ0n) is 25.3. The highest BCUT2D eigenvalue weighted by Crippen LogP contribution is 2.21. The lowest BCUT2D eigenvalue weighted by Crippen LogP contribution is -2.32. The number of fused-ring (bicyclic) bond motifs is 2. The van der Waals surface area contributed by atoms with Crippen LogP contribution >= 0.6 is 0 Å². The first kappa shape index (κ1) is 37.9. The second-order valence-electron chi connectivity index (χ2n) is 9.96. The molecule has 0 amide bonds. The molecule has 9 nitrogen and oxygen atoms in total. The van der Waals surface area contributed by atoms with Crippen molar-refractivity contribution in [3.63, 3.8) is 0 Å². The largest absolute Gasteiger partial charge is 0.741 e. The Labute approximate surface area is 271 Å². The molecule has 17 heteroatoms. The van der Waals surface area contributed by atoms with Crippen LogP contribution in [0.5, 0.6) is 0 Å². The summed E-state index contributed by atoms with van der Waals surface area (Å²) in [4.78, 5) is 0. The van der Waals surface area contributed by atoms with E-state index in [1.165, 1.54) is 44.6 Å². The van der Waals surface area contributed by atoms with Crippen LogP contribution in [0.3, 0.4) is 0 Å². The van der Waals surface area contributed by atoms with Gasteiger partial charge in [-0.05, 0) is 48.6 Å². The Morgan fingerprint density at radius 2 is 0.875 bits per heavy atom. The zero-order chi connectivity index (χ0) is 36.1. The van der Waals surface area contributed by atoms with Crippen LogP contribution in [-0.2, 0) is 41.4 Å². The van der Waals surface area contributed by atoms with Gasteiger partial charge >= 0.3 is 11.0 Å². The van der Waals surface area contributed by atoms with Gasteiger partial charge in [0, 0.05) is 65.6 Å². The molecule has 0 atom stereocenters. The Bertz CT molecular complexity index is 2060. The van der Waals surface area contributed by atoms with Gasteiger partial charge in [-0.15, -0.1) is 0 Å². The summed E-state index contributed by atoms with van der Waals surface area (Å²) in [6.07, 6.45) is 8.71. The monoisotopic (exact) mass is 715 g/mol. The third-order valence-electron chi connectivity index (χ3n) is 6.85. The van der Waals surface area contributed by atoms with E-state index in [4.69, 9.17) is 25.9 Å². The number of aromatic nitrogens is 3.